The van der Waals surface area contributed by atoms with Gasteiger partial charge in [0.25, 0.3) is 0 Å². The van der Waals surface area contributed by atoms with Gasteiger partial charge in [-0.15, -0.1) is 0 Å². The summed E-state index contributed by atoms with van der Waals surface area (Å²) in [5, 5.41) is 6.51. The summed E-state index contributed by atoms with van der Waals surface area (Å²) in [4.78, 5) is 11.7. The molecule has 0 spiro atoms. The Morgan fingerprint density at radius 3 is 2.48 bits per heavy atom. The number of hydrogen-bond donors (Lipinski definition) is 2. The zero-order chi connectivity index (χ0) is 15.9. The van der Waals surface area contributed by atoms with Crippen LogP contribution in [-0.2, 0) is 9.47 Å². The fourth-order valence-corrected chi connectivity index (χ4v) is 2.41. The van der Waals surface area contributed by atoms with E-state index in [9.17, 15) is 4.79 Å². The van der Waals surface area contributed by atoms with Crippen LogP contribution in [0.25, 0.3) is 0 Å². The number of alkyl carbamates (subject to hydrolysis) is 1. The van der Waals surface area contributed by atoms with Gasteiger partial charge in [0.1, 0.15) is 5.60 Å². The predicted molar refractivity (Wildman–Crippen MR) is 84.5 cm³/mol. The normalized spacial score (nSPS) is 18.1. The smallest absolute Gasteiger partial charge is 0.407 e. The molecular weight excluding hydrogens is 268 g/mol. The third-order valence-corrected chi connectivity index (χ3v) is 3.52. The van der Waals surface area contributed by atoms with E-state index in [1.165, 1.54) is 12.8 Å². The van der Waals surface area contributed by atoms with Crippen LogP contribution in [0.3, 0.4) is 0 Å². The summed E-state index contributed by atoms with van der Waals surface area (Å²) in [7, 11) is 1.74. The highest BCUT2D eigenvalue weighted by molar-refractivity contribution is 5.67. The summed E-state index contributed by atoms with van der Waals surface area (Å²) < 4.78 is 10.6. The van der Waals surface area contributed by atoms with Gasteiger partial charge in [-0.2, -0.15) is 0 Å². The largest absolute Gasteiger partial charge is 0.444 e. The van der Waals surface area contributed by atoms with Crippen molar-refractivity contribution in [3.05, 3.63) is 0 Å². The number of carbonyl (C=O) groups is 1. The molecule has 1 rings (SSSR count). The fraction of sp³-hybridized carbons (Fsp3) is 0.938. The summed E-state index contributed by atoms with van der Waals surface area (Å²) in [5.74, 6) is 0.728. The van der Waals surface area contributed by atoms with E-state index in [-0.39, 0.29) is 12.1 Å². The van der Waals surface area contributed by atoms with E-state index in [4.69, 9.17) is 9.47 Å². The molecule has 1 saturated carbocycles. The van der Waals surface area contributed by atoms with Gasteiger partial charge in [-0.1, -0.05) is 13.3 Å². The Morgan fingerprint density at radius 1 is 1.33 bits per heavy atom. The Morgan fingerprint density at radius 2 is 2.00 bits per heavy atom. The molecule has 21 heavy (non-hydrogen) atoms. The third kappa shape index (κ3) is 8.27. The standard InChI is InChI=1S/C16H32N2O3/c1-6-7-13(10-17-15(19)21-16(2,3)4)18-14(11-20-5)12-8-9-12/h12-14,18H,6-11H2,1-5H3,(H,17,19). The van der Waals surface area contributed by atoms with Gasteiger partial charge in [0.05, 0.1) is 6.61 Å². The van der Waals surface area contributed by atoms with Crippen molar-refractivity contribution < 1.29 is 14.3 Å². The monoisotopic (exact) mass is 300 g/mol. The van der Waals surface area contributed by atoms with Crippen molar-refractivity contribution >= 4 is 6.09 Å². The molecule has 5 heteroatoms. The van der Waals surface area contributed by atoms with Crippen LogP contribution in [-0.4, -0.2) is 44.0 Å². The molecule has 2 N–H and O–H groups in total. The fourth-order valence-electron chi connectivity index (χ4n) is 2.41. The summed E-state index contributed by atoms with van der Waals surface area (Å²) in [6.45, 7) is 9.10. The van der Waals surface area contributed by atoms with Crippen LogP contribution in [0.2, 0.25) is 0 Å². The number of amides is 1. The minimum atomic E-state index is -0.454. The van der Waals surface area contributed by atoms with E-state index >= 15 is 0 Å². The van der Waals surface area contributed by atoms with Crippen molar-refractivity contribution in [3.63, 3.8) is 0 Å². The molecule has 1 aliphatic rings. The Hall–Kier alpha value is -0.810. The van der Waals surface area contributed by atoms with Gasteiger partial charge < -0.3 is 20.1 Å². The van der Waals surface area contributed by atoms with Gasteiger partial charge in [-0.3, -0.25) is 0 Å². The quantitative estimate of drug-likeness (QED) is 0.687. The van der Waals surface area contributed by atoms with Gasteiger partial charge in [0.2, 0.25) is 0 Å². The first-order chi connectivity index (χ1) is 9.85. The highest BCUT2D eigenvalue weighted by atomic mass is 16.6. The summed E-state index contributed by atoms with van der Waals surface area (Å²) >= 11 is 0. The number of hydrogen-bond acceptors (Lipinski definition) is 4. The van der Waals surface area contributed by atoms with Gasteiger partial charge >= 0.3 is 6.09 Å². The predicted octanol–water partition coefficient (Wildman–Crippen LogP) is 2.69. The molecule has 0 aliphatic heterocycles. The Labute approximate surface area is 129 Å². The van der Waals surface area contributed by atoms with Crippen LogP contribution in [0.1, 0.15) is 53.4 Å². The highest BCUT2D eigenvalue weighted by Crippen LogP contribution is 2.33. The molecule has 5 nitrogen and oxygen atoms in total. The van der Waals surface area contributed by atoms with Gasteiger partial charge in [0.15, 0.2) is 0 Å². The summed E-state index contributed by atoms with van der Waals surface area (Å²) in [6, 6.07) is 0.662. The van der Waals surface area contributed by atoms with E-state index in [1.54, 1.807) is 7.11 Å². The van der Waals surface area contributed by atoms with Crippen molar-refractivity contribution in [2.45, 2.75) is 71.1 Å². The van der Waals surface area contributed by atoms with E-state index in [0.29, 0.717) is 12.6 Å². The van der Waals surface area contributed by atoms with Crippen LogP contribution in [0.15, 0.2) is 0 Å². The van der Waals surface area contributed by atoms with Crippen LogP contribution in [0.5, 0.6) is 0 Å². The molecular formula is C16H32N2O3. The molecule has 124 valence electrons. The lowest BCUT2D eigenvalue weighted by atomic mass is 10.1. The van der Waals surface area contributed by atoms with Crippen LogP contribution in [0.4, 0.5) is 4.79 Å². The molecule has 2 atom stereocenters. The molecule has 0 saturated heterocycles. The van der Waals surface area contributed by atoms with Crippen molar-refractivity contribution in [1.29, 1.82) is 0 Å². The van der Waals surface area contributed by atoms with Crippen molar-refractivity contribution in [2.75, 3.05) is 20.3 Å². The Bertz CT molecular complexity index is 311. The number of ether oxygens (including phenoxy) is 2. The third-order valence-electron chi connectivity index (χ3n) is 3.52. The first-order valence-electron chi connectivity index (χ1n) is 8.07. The second kappa shape index (κ2) is 8.59. The first kappa shape index (κ1) is 18.2. The second-order valence-electron chi connectivity index (χ2n) is 6.93. The van der Waals surface area contributed by atoms with Crippen molar-refractivity contribution in [1.82, 2.24) is 10.6 Å². The zero-order valence-electron chi connectivity index (χ0n) is 14.2. The van der Waals surface area contributed by atoms with Crippen LogP contribution in [0, 0.1) is 5.92 Å². The molecule has 2 unspecified atom stereocenters. The topological polar surface area (TPSA) is 59.6 Å². The van der Waals surface area contributed by atoms with Crippen LogP contribution < -0.4 is 10.6 Å². The molecule has 0 aromatic heterocycles. The maximum Gasteiger partial charge on any atom is 0.407 e. The van der Waals surface area contributed by atoms with E-state index in [0.717, 1.165) is 25.4 Å². The molecule has 0 radical (unpaired) electrons. The van der Waals surface area contributed by atoms with Gasteiger partial charge in [-0.25, -0.2) is 4.79 Å². The van der Waals surface area contributed by atoms with Gasteiger partial charge in [-0.05, 0) is 46.0 Å². The lowest BCUT2D eigenvalue weighted by Gasteiger charge is -2.26. The SMILES string of the molecule is CCCC(CNC(=O)OC(C)(C)C)NC(COC)C1CC1. The molecule has 0 aromatic rings. The Balaban J connectivity index is 2.39. The highest BCUT2D eigenvalue weighted by Gasteiger charge is 2.32. The molecule has 0 heterocycles. The summed E-state index contributed by atoms with van der Waals surface area (Å²) in [5.41, 5.74) is -0.454. The first-order valence-corrected chi connectivity index (χ1v) is 8.07. The molecule has 1 aliphatic carbocycles. The number of methoxy groups -OCH3 is 1. The maximum atomic E-state index is 11.7. The Kier molecular flexibility index (Phi) is 7.46. The zero-order valence-corrected chi connectivity index (χ0v) is 14.2. The minimum absolute atomic E-state index is 0.267. The van der Waals surface area contributed by atoms with Crippen molar-refractivity contribution in [2.24, 2.45) is 5.92 Å². The van der Waals surface area contributed by atoms with E-state index in [2.05, 4.69) is 17.6 Å². The summed E-state index contributed by atoms with van der Waals surface area (Å²) in [6.07, 6.45) is 4.32. The number of rotatable bonds is 9. The lowest BCUT2D eigenvalue weighted by Crippen LogP contribution is -2.48. The average Bonchev–Trinajstić information content (AvgIpc) is 3.17. The lowest BCUT2D eigenvalue weighted by molar-refractivity contribution is 0.0519. The van der Waals surface area contributed by atoms with Crippen molar-refractivity contribution in [3.8, 4) is 0 Å². The van der Waals surface area contributed by atoms with E-state index in [1.807, 2.05) is 20.8 Å². The maximum absolute atomic E-state index is 11.7. The molecule has 1 amide bonds. The molecule has 1 fully saturated rings. The van der Waals surface area contributed by atoms with Gasteiger partial charge in [0, 0.05) is 25.7 Å². The second-order valence-corrected chi connectivity index (χ2v) is 6.93. The number of nitrogens with one attached hydrogen (secondary N) is 2. The minimum Gasteiger partial charge on any atom is -0.444 e. The number of carbonyl (C=O) groups excluding carboxylic acids is 1. The van der Waals surface area contributed by atoms with E-state index < -0.39 is 5.60 Å². The van der Waals surface area contributed by atoms with Crippen LogP contribution >= 0.6 is 0 Å². The average molecular weight is 300 g/mol. The molecule has 0 bridgehead atoms. The molecule has 0 aromatic carbocycles.